The molecule has 1 aliphatic heterocycles. The molecule has 1 saturated heterocycles. The second-order valence-corrected chi connectivity index (χ2v) is 5.42. The van der Waals surface area contributed by atoms with Crippen LogP contribution in [0.1, 0.15) is 12.8 Å². The van der Waals surface area contributed by atoms with Crippen LogP contribution in [0.4, 0.5) is 19.3 Å². The Balaban J connectivity index is 2.01. The number of carboxylic acid groups (broad SMARTS) is 1. The molecule has 2 N–H and O–H groups in total. The summed E-state index contributed by atoms with van der Waals surface area (Å²) in [6.07, 6.45) is -0.0276. The minimum atomic E-state index is -1.05. The van der Waals surface area contributed by atoms with E-state index in [4.69, 9.17) is 5.11 Å². The smallest absolute Gasteiger partial charge is 0.317 e. The standard InChI is InChI=1S/C15H17F2N3O4/c1-19(7-6-12(21)22)15(24)18-11-5-8-20(14(11)23)13-9(16)3-2-4-10(13)17/h2-4,11H,5-8H2,1H3,(H,18,24)(H,21,22). The third kappa shape index (κ3) is 3.79. The molecule has 0 aromatic heterocycles. The van der Waals surface area contributed by atoms with Crippen molar-refractivity contribution >= 4 is 23.6 Å². The molecule has 0 saturated carbocycles. The molecular weight excluding hydrogens is 324 g/mol. The third-order valence-corrected chi connectivity index (χ3v) is 3.72. The summed E-state index contributed by atoms with van der Waals surface area (Å²) in [7, 11) is 1.39. The van der Waals surface area contributed by atoms with E-state index in [1.54, 1.807) is 0 Å². The van der Waals surface area contributed by atoms with Crippen LogP contribution in [0, 0.1) is 11.6 Å². The molecular formula is C15H17F2N3O4. The van der Waals surface area contributed by atoms with Gasteiger partial charge >= 0.3 is 12.0 Å². The molecule has 1 atom stereocenters. The van der Waals surface area contributed by atoms with Gasteiger partial charge < -0.3 is 20.2 Å². The van der Waals surface area contributed by atoms with Crippen LogP contribution >= 0.6 is 0 Å². The van der Waals surface area contributed by atoms with Crippen molar-refractivity contribution in [1.29, 1.82) is 0 Å². The summed E-state index contributed by atoms with van der Waals surface area (Å²) in [4.78, 5) is 36.8. The monoisotopic (exact) mass is 341 g/mol. The van der Waals surface area contributed by atoms with Gasteiger partial charge in [-0.25, -0.2) is 13.6 Å². The number of para-hydroxylation sites is 1. The maximum atomic E-state index is 13.8. The lowest BCUT2D eigenvalue weighted by atomic mass is 10.2. The number of carbonyl (C=O) groups is 3. The first-order chi connectivity index (χ1) is 11.3. The Morgan fingerprint density at radius 2 is 2.00 bits per heavy atom. The molecule has 1 unspecified atom stereocenters. The van der Waals surface area contributed by atoms with Crippen molar-refractivity contribution in [3.05, 3.63) is 29.8 Å². The highest BCUT2D eigenvalue weighted by atomic mass is 19.1. The number of urea groups is 1. The van der Waals surface area contributed by atoms with Crippen LogP contribution in [-0.4, -0.2) is 54.1 Å². The molecule has 0 spiro atoms. The van der Waals surface area contributed by atoms with E-state index in [2.05, 4.69) is 5.32 Å². The van der Waals surface area contributed by atoms with Crippen LogP contribution in [0.2, 0.25) is 0 Å². The van der Waals surface area contributed by atoms with E-state index in [0.29, 0.717) is 0 Å². The van der Waals surface area contributed by atoms with E-state index in [-0.39, 0.29) is 25.9 Å². The van der Waals surface area contributed by atoms with Gasteiger partial charge in [0.1, 0.15) is 23.4 Å². The average Bonchev–Trinajstić information content (AvgIpc) is 2.86. The Morgan fingerprint density at radius 3 is 2.58 bits per heavy atom. The first-order valence-electron chi connectivity index (χ1n) is 7.30. The number of aliphatic carboxylic acids is 1. The van der Waals surface area contributed by atoms with Gasteiger partial charge in [-0.3, -0.25) is 9.59 Å². The largest absolute Gasteiger partial charge is 0.481 e. The number of nitrogens with one attached hydrogen (secondary N) is 1. The lowest BCUT2D eigenvalue weighted by Gasteiger charge is -2.21. The van der Waals surface area contributed by atoms with Crippen molar-refractivity contribution in [2.75, 3.05) is 25.0 Å². The van der Waals surface area contributed by atoms with Crippen LogP contribution in [0.25, 0.3) is 0 Å². The number of hydrogen-bond acceptors (Lipinski definition) is 3. The molecule has 3 amide bonds. The first kappa shape index (κ1) is 17.6. The SMILES string of the molecule is CN(CCC(=O)O)C(=O)NC1CCN(c2c(F)cccc2F)C1=O. The van der Waals surface area contributed by atoms with Crippen LogP contribution < -0.4 is 10.2 Å². The summed E-state index contributed by atoms with van der Waals surface area (Å²) >= 11 is 0. The molecule has 0 aliphatic carbocycles. The predicted octanol–water partition coefficient (Wildman–Crippen LogP) is 1.19. The molecule has 1 aliphatic rings. The summed E-state index contributed by atoms with van der Waals surface area (Å²) < 4.78 is 27.6. The fourth-order valence-electron chi connectivity index (χ4n) is 2.41. The van der Waals surface area contributed by atoms with Gasteiger partial charge in [-0.1, -0.05) is 6.07 Å². The Labute approximate surface area is 136 Å². The molecule has 2 rings (SSSR count). The highest BCUT2D eigenvalue weighted by Crippen LogP contribution is 2.27. The number of amides is 3. The van der Waals surface area contributed by atoms with Gasteiger partial charge in [0, 0.05) is 20.1 Å². The maximum absolute atomic E-state index is 13.8. The third-order valence-electron chi connectivity index (χ3n) is 3.72. The van der Waals surface area contributed by atoms with E-state index in [1.807, 2.05) is 0 Å². The van der Waals surface area contributed by atoms with Gasteiger partial charge in [0.2, 0.25) is 5.91 Å². The summed E-state index contributed by atoms with van der Waals surface area (Å²) in [5.41, 5.74) is -0.432. The number of benzene rings is 1. The summed E-state index contributed by atoms with van der Waals surface area (Å²) in [5, 5.41) is 11.0. The van der Waals surface area contributed by atoms with E-state index >= 15 is 0 Å². The Morgan fingerprint density at radius 1 is 1.38 bits per heavy atom. The lowest BCUT2D eigenvalue weighted by molar-refractivity contribution is -0.137. The fraction of sp³-hybridized carbons (Fsp3) is 0.400. The molecule has 1 heterocycles. The number of rotatable bonds is 5. The second-order valence-electron chi connectivity index (χ2n) is 5.42. The molecule has 0 bridgehead atoms. The van der Waals surface area contributed by atoms with Gasteiger partial charge in [-0.05, 0) is 18.6 Å². The normalized spacial score (nSPS) is 17.0. The zero-order chi connectivity index (χ0) is 17.9. The number of nitrogens with zero attached hydrogens (tertiary/aromatic N) is 2. The topological polar surface area (TPSA) is 89.9 Å². The van der Waals surface area contributed by atoms with Crippen molar-refractivity contribution < 1.29 is 28.3 Å². The Kier molecular flexibility index (Phi) is 5.32. The molecule has 130 valence electrons. The van der Waals surface area contributed by atoms with E-state index < -0.39 is 41.3 Å². The van der Waals surface area contributed by atoms with Crippen molar-refractivity contribution in [3.63, 3.8) is 0 Å². The average molecular weight is 341 g/mol. The van der Waals surface area contributed by atoms with Crippen molar-refractivity contribution in [1.82, 2.24) is 10.2 Å². The number of carboxylic acids is 1. The Bertz CT molecular complexity index is 648. The fourth-order valence-corrected chi connectivity index (χ4v) is 2.41. The van der Waals surface area contributed by atoms with Gasteiger partial charge in [0.05, 0.1) is 6.42 Å². The van der Waals surface area contributed by atoms with E-state index in [0.717, 1.165) is 21.9 Å². The van der Waals surface area contributed by atoms with Crippen LogP contribution in [0.3, 0.4) is 0 Å². The molecule has 1 fully saturated rings. The Hall–Kier alpha value is -2.71. The molecule has 1 aromatic carbocycles. The van der Waals surface area contributed by atoms with Gasteiger partial charge in [0.25, 0.3) is 0 Å². The van der Waals surface area contributed by atoms with E-state index in [1.165, 1.54) is 13.1 Å². The lowest BCUT2D eigenvalue weighted by Crippen LogP contribution is -2.47. The molecule has 0 radical (unpaired) electrons. The zero-order valence-corrected chi connectivity index (χ0v) is 13.0. The van der Waals surface area contributed by atoms with Gasteiger partial charge in [0.15, 0.2) is 0 Å². The minimum Gasteiger partial charge on any atom is -0.481 e. The molecule has 1 aromatic rings. The second kappa shape index (κ2) is 7.24. The number of hydrogen-bond donors (Lipinski definition) is 2. The van der Waals surface area contributed by atoms with Crippen molar-refractivity contribution in [2.45, 2.75) is 18.9 Å². The molecule has 7 nitrogen and oxygen atoms in total. The predicted molar refractivity (Wildman–Crippen MR) is 80.5 cm³/mol. The van der Waals surface area contributed by atoms with E-state index in [9.17, 15) is 23.2 Å². The highest BCUT2D eigenvalue weighted by molar-refractivity contribution is 6.01. The van der Waals surface area contributed by atoms with Gasteiger partial charge in [-0.15, -0.1) is 0 Å². The summed E-state index contributed by atoms with van der Waals surface area (Å²) in [5.74, 6) is -3.37. The van der Waals surface area contributed by atoms with Crippen LogP contribution in [0.5, 0.6) is 0 Å². The quantitative estimate of drug-likeness (QED) is 0.842. The van der Waals surface area contributed by atoms with Crippen molar-refractivity contribution in [2.24, 2.45) is 0 Å². The summed E-state index contributed by atoms with van der Waals surface area (Å²) in [6.45, 7) is 0.0498. The maximum Gasteiger partial charge on any atom is 0.317 e. The summed E-state index contributed by atoms with van der Waals surface area (Å²) in [6, 6.07) is 1.77. The number of carbonyl (C=O) groups excluding carboxylic acids is 2. The van der Waals surface area contributed by atoms with Crippen LogP contribution in [0.15, 0.2) is 18.2 Å². The van der Waals surface area contributed by atoms with Crippen molar-refractivity contribution in [3.8, 4) is 0 Å². The number of anilines is 1. The molecule has 24 heavy (non-hydrogen) atoms. The minimum absolute atomic E-state index is 0.0201. The zero-order valence-electron chi connectivity index (χ0n) is 13.0. The van der Waals surface area contributed by atoms with Crippen LogP contribution in [-0.2, 0) is 9.59 Å². The first-order valence-corrected chi connectivity index (χ1v) is 7.30. The number of halogens is 2. The molecule has 9 heteroatoms. The highest BCUT2D eigenvalue weighted by Gasteiger charge is 2.36. The van der Waals surface area contributed by atoms with Gasteiger partial charge in [-0.2, -0.15) is 0 Å².